The second-order valence-corrected chi connectivity index (χ2v) is 3.08. The Hall–Kier alpha value is -1.78. The Labute approximate surface area is 81.3 Å². The minimum atomic E-state index is -0.388. The van der Waals surface area contributed by atoms with E-state index in [0.717, 1.165) is 4.57 Å². The highest BCUT2D eigenvalue weighted by Crippen LogP contribution is 1.79. The summed E-state index contributed by atoms with van der Waals surface area (Å²) >= 11 is 0. The van der Waals surface area contributed by atoms with Gasteiger partial charge in [0.15, 0.2) is 0 Å². The first kappa shape index (κ1) is 10.3. The SMILES string of the molecule is CN(C)C=CCn1c(=O)cc[nH]c1=O. The summed E-state index contributed by atoms with van der Waals surface area (Å²) in [5, 5.41) is 0. The van der Waals surface area contributed by atoms with Crippen molar-refractivity contribution in [1.82, 2.24) is 14.5 Å². The third-order valence-corrected chi connectivity index (χ3v) is 1.64. The molecule has 0 radical (unpaired) electrons. The summed E-state index contributed by atoms with van der Waals surface area (Å²) in [6, 6.07) is 1.32. The molecule has 0 fully saturated rings. The summed E-state index contributed by atoms with van der Waals surface area (Å²) < 4.78 is 1.12. The van der Waals surface area contributed by atoms with Crippen LogP contribution in [0.4, 0.5) is 0 Å². The molecule has 76 valence electrons. The fourth-order valence-electron chi connectivity index (χ4n) is 0.988. The number of rotatable bonds is 3. The predicted octanol–water partition coefficient (Wildman–Crippen LogP) is -0.388. The Balaban J connectivity index is 2.87. The van der Waals surface area contributed by atoms with Crippen LogP contribution in [0.3, 0.4) is 0 Å². The Bertz CT molecular complexity index is 400. The van der Waals surface area contributed by atoms with Crippen molar-refractivity contribution < 1.29 is 0 Å². The lowest BCUT2D eigenvalue weighted by molar-refractivity contribution is 0.557. The van der Waals surface area contributed by atoms with Crippen LogP contribution < -0.4 is 11.2 Å². The largest absolute Gasteiger partial charge is 0.384 e. The molecule has 5 heteroatoms. The number of allylic oxidation sites excluding steroid dienone is 1. The molecule has 0 bridgehead atoms. The molecule has 0 spiro atoms. The molecule has 0 aliphatic carbocycles. The maximum absolute atomic E-state index is 11.2. The number of hydrogen-bond acceptors (Lipinski definition) is 3. The maximum Gasteiger partial charge on any atom is 0.328 e. The number of hydrogen-bond donors (Lipinski definition) is 1. The van der Waals surface area contributed by atoms with Gasteiger partial charge in [-0.1, -0.05) is 0 Å². The molecular formula is C9H13N3O2. The van der Waals surface area contributed by atoms with Crippen LogP contribution in [-0.2, 0) is 6.54 Å². The van der Waals surface area contributed by atoms with E-state index in [9.17, 15) is 9.59 Å². The molecule has 0 saturated carbocycles. The van der Waals surface area contributed by atoms with Gasteiger partial charge in [0.2, 0.25) is 0 Å². The van der Waals surface area contributed by atoms with Gasteiger partial charge >= 0.3 is 5.69 Å². The lowest BCUT2D eigenvalue weighted by Gasteiger charge is -2.03. The van der Waals surface area contributed by atoms with Gasteiger partial charge in [-0.2, -0.15) is 0 Å². The fraction of sp³-hybridized carbons (Fsp3) is 0.333. The van der Waals surface area contributed by atoms with Gasteiger partial charge in [0.1, 0.15) is 0 Å². The Morgan fingerprint density at radius 3 is 2.79 bits per heavy atom. The molecular weight excluding hydrogens is 182 g/mol. The summed E-state index contributed by atoms with van der Waals surface area (Å²) in [4.78, 5) is 26.7. The molecule has 1 rings (SSSR count). The molecule has 0 saturated heterocycles. The van der Waals surface area contributed by atoms with Crippen LogP contribution in [-0.4, -0.2) is 28.5 Å². The first-order valence-corrected chi connectivity index (χ1v) is 4.23. The second-order valence-electron chi connectivity index (χ2n) is 3.08. The molecule has 0 aliphatic heterocycles. The zero-order valence-corrected chi connectivity index (χ0v) is 8.23. The standard InChI is InChI=1S/C9H13N3O2/c1-11(2)6-3-7-12-8(13)4-5-10-9(12)14/h3-6H,7H2,1-2H3,(H,10,14). The van der Waals surface area contributed by atoms with E-state index in [-0.39, 0.29) is 17.8 Å². The Morgan fingerprint density at radius 1 is 1.50 bits per heavy atom. The topological polar surface area (TPSA) is 58.1 Å². The fourth-order valence-corrected chi connectivity index (χ4v) is 0.988. The lowest BCUT2D eigenvalue weighted by atomic mass is 10.5. The van der Waals surface area contributed by atoms with Gasteiger partial charge in [0, 0.05) is 26.4 Å². The monoisotopic (exact) mass is 195 g/mol. The summed E-state index contributed by atoms with van der Waals surface area (Å²) in [5.74, 6) is 0. The quantitative estimate of drug-likeness (QED) is 0.714. The molecule has 1 heterocycles. The number of aromatic nitrogens is 2. The molecule has 5 nitrogen and oxygen atoms in total. The summed E-state index contributed by atoms with van der Waals surface area (Å²) in [6.07, 6.45) is 4.88. The zero-order chi connectivity index (χ0) is 10.6. The van der Waals surface area contributed by atoms with Crippen LogP contribution in [0.15, 0.2) is 34.1 Å². The number of nitrogens with zero attached hydrogens (tertiary/aromatic N) is 2. The number of H-pyrrole nitrogens is 1. The van der Waals surface area contributed by atoms with Crippen LogP contribution in [0, 0.1) is 0 Å². The van der Waals surface area contributed by atoms with Crippen molar-refractivity contribution in [3.63, 3.8) is 0 Å². The molecule has 1 N–H and O–H groups in total. The van der Waals surface area contributed by atoms with Crippen LogP contribution in [0.25, 0.3) is 0 Å². The van der Waals surface area contributed by atoms with Crippen molar-refractivity contribution in [2.75, 3.05) is 14.1 Å². The third-order valence-electron chi connectivity index (χ3n) is 1.64. The minimum absolute atomic E-state index is 0.285. The summed E-state index contributed by atoms with van der Waals surface area (Å²) in [5.41, 5.74) is -0.682. The van der Waals surface area contributed by atoms with Crippen LogP contribution in [0.5, 0.6) is 0 Å². The maximum atomic E-state index is 11.2. The average Bonchev–Trinajstić information content (AvgIpc) is 2.09. The summed E-state index contributed by atoms with van der Waals surface area (Å²) in [7, 11) is 3.74. The highest BCUT2D eigenvalue weighted by molar-refractivity contribution is 4.87. The van der Waals surface area contributed by atoms with Gasteiger partial charge in [0.25, 0.3) is 5.56 Å². The molecule has 0 unspecified atom stereocenters. The van der Waals surface area contributed by atoms with Crippen molar-refractivity contribution in [2.24, 2.45) is 0 Å². The molecule has 1 aromatic rings. The van der Waals surface area contributed by atoms with Gasteiger partial charge < -0.3 is 9.88 Å². The smallest absolute Gasteiger partial charge is 0.328 e. The van der Waals surface area contributed by atoms with E-state index in [1.165, 1.54) is 12.3 Å². The Morgan fingerprint density at radius 2 is 2.21 bits per heavy atom. The highest BCUT2D eigenvalue weighted by Gasteiger charge is 1.95. The number of aromatic amines is 1. The predicted molar refractivity (Wildman–Crippen MR) is 54.1 cm³/mol. The van der Waals surface area contributed by atoms with E-state index in [4.69, 9.17) is 0 Å². The van der Waals surface area contributed by atoms with Crippen LogP contribution in [0.2, 0.25) is 0 Å². The highest BCUT2D eigenvalue weighted by atomic mass is 16.2. The van der Waals surface area contributed by atoms with Gasteiger partial charge in [-0.05, 0) is 12.3 Å². The van der Waals surface area contributed by atoms with Crippen molar-refractivity contribution in [1.29, 1.82) is 0 Å². The van der Waals surface area contributed by atoms with Crippen LogP contribution in [0.1, 0.15) is 0 Å². The van der Waals surface area contributed by atoms with Crippen LogP contribution >= 0.6 is 0 Å². The van der Waals surface area contributed by atoms with Crippen molar-refractivity contribution in [3.8, 4) is 0 Å². The van der Waals surface area contributed by atoms with E-state index in [2.05, 4.69) is 4.98 Å². The normalized spacial score (nSPS) is 10.7. The zero-order valence-electron chi connectivity index (χ0n) is 8.23. The van der Waals surface area contributed by atoms with E-state index in [1.54, 1.807) is 12.3 Å². The van der Waals surface area contributed by atoms with Crippen molar-refractivity contribution >= 4 is 0 Å². The average molecular weight is 195 g/mol. The van der Waals surface area contributed by atoms with Gasteiger partial charge in [0.05, 0.1) is 6.54 Å². The first-order valence-electron chi connectivity index (χ1n) is 4.23. The van der Waals surface area contributed by atoms with E-state index >= 15 is 0 Å². The van der Waals surface area contributed by atoms with E-state index < -0.39 is 0 Å². The first-order chi connectivity index (χ1) is 6.61. The number of nitrogens with one attached hydrogen (secondary N) is 1. The van der Waals surface area contributed by atoms with E-state index in [1.807, 2.05) is 19.0 Å². The second kappa shape index (κ2) is 4.45. The Kier molecular flexibility index (Phi) is 3.28. The van der Waals surface area contributed by atoms with Gasteiger partial charge in [-0.25, -0.2) is 4.79 Å². The lowest BCUT2D eigenvalue weighted by Crippen LogP contribution is -2.33. The van der Waals surface area contributed by atoms with Gasteiger partial charge in [-0.15, -0.1) is 0 Å². The molecule has 1 aromatic heterocycles. The third kappa shape index (κ3) is 2.62. The van der Waals surface area contributed by atoms with E-state index in [0.29, 0.717) is 0 Å². The molecule has 14 heavy (non-hydrogen) atoms. The minimum Gasteiger partial charge on any atom is -0.384 e. The van der Waals surface area contributed by atoms with Crippen molar-refractivity contribution in [3.05, 3.63) is 45.4 Å². The molecule has 0 amide bonds. The molecule has 0 aromatic carbocycles. The molecule has 0 aliphatic rings. The molecule has 0 atom stereocenters. The summed E-state index contributed by atoms with van der Waals surface area (Å²) in [6.45, 7) is 0.285. The van der Waals surface area contributed by atoms with Gasteiger partial charge in [-0.3, -0.25) is 9.36 Å². The van der Waals surface area contributed by atoms with Crippen molar-refractivity contribution in [2.45, 2.75) is 6.54 Å².